The SMILES string of the molecule is N#Cc1ccc(OCCCCl)c(Br)c1. The first kappa shape index (κ1) is 11.4. The van der Waals surface area contributed by atoms with Crippen molar-refractivity contribution < 1.29 is 4.74 Å². The van der Waals surface area contributed by atoms with Crippen LogP contribution in [0.25, 0.3) is 0 Å². The van der Waals surface area contributed by atoms with E-state index in [9.17, 15) is 0 Å². The maximum Gasteiger partial charge on any atom is 0.133 e. The lowest BCUT2D eigenvalue weighted by Gasteiger charge is -2.06. The second-order valence-electron chi connectivity index (χ2n) is 2.65. The van der Waals surface area contributed by atoms with Gasteiger partial charge in [0, 0.05) is 5.88 Å². The number of halogens is 2. The molecule has 0 amide bonds. The average Bonchev–Trinajstić information content (AvgIpc) is 2.20. The van der Waals surface area contributed by atoms with E-state index < -0.39 is 0 Å². The van der Waals surface area contributed by atoms with E-state index in [1.165, 1.54) is 0 Å². The molecule has 2 nitrogen and oxygen atoms in total. The van der Waals surface area contributed by atoms with Crippen molar-refractivity contribution in [3.63, 3.8) is 0 Å². The fourth-order valence-corrected chi connectivity index (χ4v) is 1.53. The largest absolute Gasteiger partial charge is 0.492 e. The van der Waals surface area contributed by atoms with Gasteiger partial charge in [-0.15, -0.1) is 11.6 Å². The Hall–Kier alpha value is -0.720. The van der Waals surface area contributed by atoms with Crippen molar-refractivity contribution in [2.45, 2.75) is 6.42 Å². The fraction of sp³-hybridized carbons (Fsp3) is 0.300. The van der Waals surface area contributed by atoms with Crippen LogP contribution in [0.3, 0.4) is 0 Å². The molecule has 0 saturated carbocycles. The first-order valence-corrected chi connectivity index (χ1v) is 5.49. The van der Waals surface area contributed by atoms with Crippen molar-refractivity contribution in [2.24, 2.45) is 0 Å². The lowest BCUT2D eigenvalue weighted by molar-refractivity contribution is 0.316. The lowest BCUT2D eigenvalue weighted by atomic mass is 10.2. The normalized spacial score (nSPS) is 9.50. The molecule has 0 heterocycles. The molecule has 0 unspecified atom stereocenters. The highest BCUT2D eigenvalue weighted by Gasteiger charge is 2.01. The predicted octanol–water partition coefficient (Wildman–Crippen LogP) is 3.33. The number of hydrogen-bond donors (Lipinski definition) is 0. The Kier molecular flexibility index (Phi) is 4.78. The zero-order valence-electron chi connectivity index (χ0n) is 7.46. The van der Waals surface area contributed by atoms with Crippen LogP contribution in [-0.2, 0) is 0 Å². The molecule has 0 radical (unpaired) electrons. The van der Waals surface area contributed by atoms with Crippen LogP contribution in [0.5, 0.6) is 5.75 Å². The van der Waals surface area contributed by atoms with E-state index in [0.29, 0.717) is 18.1 Å². The topological polar surface area (TPSA) is 33.0 Å². The maximum absolute atomic E-state index is 8.64. The third-order valence-electron chi connectivity index (χ3n) is 1.60. The molecule has 0 aliphatic heterocycles. The number of nitriles is 1. The van der Waals surface area contributed by atoms with E-state index in [2.05, 4.69) is 22.0 Å². The van der Waals surface area contributed by atoms with Crippen LogP contribution < -0.4 is 4.74 Å². The van der Waals surface area contributed by atoms with Crippen LogP contribution >= 0.6 is 27.5 Å². The third kappa shape index (κ3) is 3.21. The highest BCUT2D eigenvalue weighted by Crippen LogP contribution is 2.25. The number of alkyl halides is 1. The van der Waals surface area contributed by atoms with Crippen LogP contribution in [0.2, 0.25) is 0 Å². The van der Waals surface area contributed by atoms with E-state index in [4.69, 9.17) is 21.6 Å². The Morgan fingerprint density at radius 3 is 2.86 bits per heavy atom. The van der Waals surface area contributed by atoms with E-state index >= 15 is 0 Å². The van der Waals surface area contributed by atoms with Gasteiger partial charge in [0.25, 0.3) is 0 Å². The minimum Gasteiger partial charge on any atom is -0.492 e. The van der Waals surface area contributed by atoms with E-state index in [0.717, 1.165) is 16.6 Å². The van der Waals surface area contributed by atoms with Crippen molar-refractivity contribution in [3.05, 3.63) is 28.2 Å². The molecule has 1 aromatic carbocycles. The maximum atomic E-state index is 8.64. The summed E-state index contributed by atoms with van der Waals surface area (Å²) >= 11 is 8.85. The molecule has 4 heteroatoms. The van der Waals surface area contributed by atoms with Gasteiger partial charge in [0.2, 0.25) is 0 Å². The zero-order chi connectivity index (χ0) is 10.4. The molecule has 0 aromatic heterocycles. The first-order chi connectivity index (χ1) is 6.77. The van der Waals surface area contributed by atoms with Crippen LogP contribution in [0, 0.1) is 11.3 Å². The summed E-state index contributed by atoms with van der Waals surface area (Å²) in [6.45, 7) is 0.591. The molecule has 0 spiro atoms. The summed E-state index contributed by atoms with van der Waals surface area (Å²) in [4.78, 5) is 0. The Morgan fingerprint density at radius 1 is 1.50 bits per heavy atom. The standard InChI is InChI=1S/C10H9BrClNO/c11-9-6-8(7-13)2-3-10(9)14-5-1-4-12/h2-3,6H,1,4-5H2. The zero-order valence-corrected chi connectivity index (χ0v) is 9.81. The molecule has 1 rings (SSSR count). The number of rotatable bonds is 4. The molecule has 14 heavy (non-hydrogen) atoms. The summed E-state index contributed by atoms with van der Waals surface area (Å²) in [6, 6.07) is 7.29. The van der Waals surface area contributed by atoms with Gasteiger partial charge in [-0.2, -0.15) is 5.26 Å². The summed E-state index contributed by atoms with van der Waals surface area (Å²) in [5.74, 6) is 1.34. The summed E-state index contributed by atoms with van der Waals surface area (Å²) in [7, 11) is 0. The molecule has 0 atom stereocenters. The molecule has 1 aromatic rings. The molecule has 0 aliphatic carbocycles. The number of nitrogens with zero attached hydrogens (tertiary/aromatic N) is 1. The predicted molar refractivity (Wildman–Crippen MR) is 59.7 cm³/mol. The highest BCUT2D eigenvalue weighted by atomic mass is 79.9. The Bertz CT molecular complexity index is 348. The summed E-state index contributed by atoms with van der Waals surface area (Å²) in [6.07, 6.45) is 0.813. The van der Waals surface area contributed by atoms with Crippen molar-refractivity contribution in [1.82, 2.24) is 0 Å². The third-order valence-corrected chi connectivity index (χ3v) is 2.48. The Morgan fingerprint density at radius 2 is 2.29 bits per heavy atom. The summed E-state index contributed by atoms with van der Waals surface area (Å²) in [5.41, 5.74) is 0.613. The monoisotopic (exact) mass is 273 g/mol. The minimum atomic E-state index is 0.591. The van der Waals surface area contributed by atoms with Gasteiger partial charge in [-0.1, -0.05) is 0 Å². The quantitative estimate of drug-likeness (QED) is 0.623. The number of benzene rings is 1. The fourth-order valence-electron chi connectivity index (χ4n) is 0.924. The molecular weight excluding hydrogens is 265 g/mol. The van der Waals surface area contributed by atoms with E-state index in [1.54, 1.807) is 18.2 Å². The Labute approximate surface area is 96.6 Å². The first-order valence-electron chi connectivity index (χ1n) is 4.16. The van der Waals surface area contributed by atoms with Gasteiger partial charge in [-0.25, -0.2) is 0 Å². The average molecular weight is 275 g/mol. The molecule has 0 N–H and O–H groups in total. The molecule has 74 valence electrons. The van der Waals surface area contributed by atoms with Crippen LogP contribution in [-0.4, -0.2) is 12.5 Å². The van der Waals surface area contributed by atoms with Crippen LogP contribution in [0.4, 0.5) is 0 Å². The smallest absolute Gasteiger partial charge is 0.133 e. The van der Waals surface area contributed by atoms with Gasteiger partial charge in [0.1, 0.15) is 5.75 Å². The lowest BCUT2D eigenvalue weighted by Crippen LogP contribution is -1.98. The highest BCUT2D eigenvalue weighted by molar-refractivity contribution is 9.10. The van der Waals surface area contributed by atoms with Crippen molar-refractivity contribution in [2.75, 3.05) is 12.5 Å². The minimum absolute atomic E-state index is 0.591. The second kappa shape index (κ2) is 5.90. The van der Waals surface area contributed by atoms with Gasteiger partial charge in [-0.3, -0.25) is 0 Å². The van der Waals surface area contributed by atoms with E-state index in [1.807, 2.05) is 0 Å². The number of hydrogen-bond acceptors (Lipinski definition) is 2. The number of ether oxygens (including phenoxy) is 1. The molecule has 0 bridgehead atoms. The summed E-state index contributed by atoms with van der Waals surface area (Å²) < 4.78 is 6.23. The van der Waals surface area contributed by atoms with Gasteiger partial charge >= 0.3 is 0 Å². The van der Waals surface area contributed by atoms with Gasteiger partial charge < -0.3 is 4.74 Å². The van der Waals surface area contributed by atoms with Gasteiger partial charge in [0.15, 0.2) is 0 Å². The van der Waals surface area contributed by atoms with Gasteiger partial charge in [0.05, 0.1) is 22.7 Å². The van der Waals surface area contributed by atoms with Crippen molar-refractivity contribution in [1.29, 1.82) is 5.26 Å². The molecular formula is C10H9BrClNO. The Balaban J connectivity index is 2.65. The van der Waals surface area contributed by atoms with Gasteiger partial charge in [-0.05, 0) is 40.5 Å². The van der Waals surface area contributed by atoms with Crippen LogP contribution in [0.1, 0.15) is 12.0 Å². The summed E-state index contributed by atoms with van der Waals surface area (Å²) in [5, 5.41) is 8.64. The molecule has 0 fully saturated rings. The van der Waals surface area contributed by atoms with E-state index in [-0.39, 0.29) is 0 Å². The molecule has 0 saturated heterocycles. The van der Waals surface area contributed by atoms with Crippen molar-refractivity contribution >= 4 is 27.5 Å². The van der Waals surface area contributed by atoms with Crippen molar-refractivity contribution in [3.8, 4) is 11.8 Å². The molecule has 0 aliphatic rings. The van der Waals surface area contributed by atoms with Crippen LogP contribution in [0.15, 0.2) is 22.7 Å². The second-order valence-corrected chi connectivity index (χ2v) is 3.88.